The van der Waals surface area contributed by atoms with Gasteiger partial charge in [0.05, 0.1) is 44.7 Å². The first-order valence-electron chi connectivity index (χ1n) is 13.9. The van der Waals surface area contributed by atoms with E-state index in [1.807, 2.05) is 24.3 Å². The van der Waals surface area contributed by atoms with Crippen LogP contribution in [-0.4, -0.2) is 33.2 Å². The van der Waals surface area contributed by atoms with Crippen molar-refractivity contribution in [2.45, 2.75) is 51.4 Å². The number of hydrazine groups is 2. The van der Waals surface area contributed by atoms with Gasteiger partial charge >= 0.3 is 6.18 Å². The molecule has 7 rings (SSSR count). The Hall–Kier alpha value is -4.27. The molecule has 0 spiro atoms. The molecule has 2 aliphatic heterocycles. The molecule has 1 aliphatic carbocycles. The number of alkyl halides is 3. The van der Waals surface area contributed by atoms with Gasteiger partial charge in [-0.05, 0) is 48.1 Å². The van der Waals surface area contributed by atoms with E-state index in [2.05, 4.69) is 53.0 Å². The summed E-state index contributed by atoms with van der Waals surface area (Å²) in [4.78, 5) is 8.97. The van der Waals surface area contributed by atoms with Crippen LogP contribution in [0.1, 0.15) is 50.8 Å². The lowest BCUT2D eigenvalue weighted by molar-refractivity contribution is -0.194. The predicted octanol–water partition coefficient (Wildman–Crippen LogP) is 7.41. The minimum absolute atomic E-state index is 0.0107. The highest BCUT2D eigenvalue weighted by atomic mass is 35.5. The molecular formula is C31H28ClF3N8. The number of benzene rings is 2. The Bertz CT molecular complexity index is 1860. The van der Waals surface area contributed by atoms with E-state index in [0.717, 1.165) is 22.2 Å². The molecule has 8 nitrogen and oxygen atoms in total. The fourth-order valence-electron chi connectivity index (χ4n) is 5.87. The number of anilines is 3. The summed E-state index contributed by atoms with van der Waals surface area (Å²) < 4.78 is 42.6. The van der Waals surface area contributed by atoms with Crippen LogP contribution in [0.4, 0.5) is 30.2 Å². The molecule has 1 fully saturated rings. The highest BCUT2D eigenvalue weighted by Gasteiger charge is 2.68. The number of fused-ring (bicyclic) bond motifs is 3. The molecule has 43 heavy (non-hydrogen) atoms. The first-order valence-corrected chi connectivity index (χ1v) is 14.3. The Morgan fingerprint density at radius 1 is 1.16 bits per heavy atom. The summed E-state index contributed by atoms with van der Waals surface area (Å²) in [5.74, 6) is 0. The maximum absolute atomic E-state index is 14.2. The fourth-order valence-corrected chi connectivity index (χ4v) is 6.14. The molecule has 0 bridgehead atoms. The lowest BCUT2D eigenvalue weighted by Crippen LogP contribution is -2.54. The zero-order valence-electron chi connectivity index (χ0n) is 23.6. The summed E-state index contributed by atoms with van der Waals surface area (Å²) in [6.07, 6.45) is 0.335. The van der Waals surface area contributed by atoms with Crippen LogP contribution < -0.4 is 21.2 Å². The average Bonchev–Trinajstić information content (AvgIpc) is 3.66. The molecule has 1 atom stereocenters. The number of pyridine rings is 2. The molecule has 0 unspecified atom stereocenters. The van der Waals surface area contributed by atoms with Gasteiger partial charge in [-0.25, -0.2) is 0 Å². The zero-order valence-corrected chi connectivity index (χ0v) is 24.4. The third kappa shape index (κ3) is 4.39. The monoisotopic (exact) mass is 604 g/mol. The number of nitrogens with one attached hydrogen (secondary N) is 3. The molecule has 0 amide bonds. The van der Waals surface area contributed by atoms with Crippen molar-refractivity contribution in [3.63, 3.8) is 0 Å². The van der Waals surface area contributed by atoms with E-state index in [0.29, 0.717) is 45.1 Å². The van der Waals surface area contributed by atoms with E-state index in [9.17, 15) is 18.4 Å². The van der Waals surface area contributed by atoms with Crippen molar-refractivity contribution in [3.05, 3.63) is 76.8 Å². The second-order valence-electron chi connectivity index (χ2n) is 12.5. The Labute approximate surface area is 251 Å². The third-order valence-electron chi connectivity index (χ3n) is 8.22. The summed E-state index contributed by atoms with van der Waals surface area (Å²) in [5, 5.41) is 21.6. The number of hydrogen-bond acceptors (Lipinski definition) is 8. The van der Waals surface area contributed by atoms with Gasteiger partial charge in [-0.2, -0.15) is 18.4 Å². The van der Waals surface area contributed by atoms with E-state index in [1.54, 1.807) is 29.5 Å². The summed E-state index contributed by atoms with van der Waals surface area (Å²) in [7, 11) is 0. The first kappa shape index (κ1) is 27.6. The van der Waals surface area contributed by atoms with Gasteiger partial charge in [0.2, 0.25) is 0 Å². The molecule has 2 aromatic carbocycles. The minimum atomic E-state index is -4.40. The Morgan fingerprint density at radius 3 is 2.65 bits per heavy atom. The third-order valence-corrected chi connectivity index (χ3v) is 8.50. The van der Waals surface area contributed by atoms with E-state index in [1.165, 1.54) is 11.2 Å². The summed E-state index contributed by atoms with van der Waals surface area (Å²) in [6.45, 7) is 6.88. The van der Waals surface area contributed by atoms with Gasteiger partial charge < -0.3 is 10.6 Å². The average molecular weight is 605 g/mol. The molecule has 2 aromatic heterocycles. The lowest BCUT2D eigenvalue weighted by atomic mass is 9.93. The summed E-state index contributed by atoms with van der Waals surface area (Å²) >= 11 is 6.76. The van der Waals surface area contributed by atoms with Crippen molar-refractivity contribution >= 4 is 50.5 Å². The van der Waals surface area contributed by atoms with Crippen LogP contribution in [0.25, 0.3) is 21.8 Å². The van der Waals surface area contributed by atoms with Crippen LogP contribution in [0.15, 0.2) is 60.7 Å². The van der Waals surface area contributed by atoms with Crippen molar-refractivity contribution in [2.24, 2.45) is 5.41 Å². The normalized spacial score (nSPS) is 18.8. The molecule has 4 aromatic rings. The number of nitrogens with zero attached hydrogens (tertiary/aromatic N) is 5. The van der Waals surface area contributed by atoms with Crippen molar-refractivity contribution in [1.82, 2.24) is 20.5 Å². The van der Waals surface area contributed by atoms with Gasteiger partial charge in [0.15, 0.2) is 5.54 Å². The fraction of sp³-hybridized carbons (Fsp3) is 0.323. The van der Waals surface area contributed by atoms with E-state index < -0.39 is 17.8 Å². The molecular weight excluding hydrogens is 577 g/mol. The van der Waals surface area contributed by atoms with Gasteiger partial charge in [-0.3, -0.25) is 20.0 Å². The van der Waals surface area contributed by atoms with E-state index >= 15 is 0 Å². The first-order chi connectivity index (χ1) is 20.4. The molecule has 3 N–H and O–H groups in total. The quantitative estimate of drug-likeness (QED) is 0.217. The van der Waals surface area contributed by atoms with Crippen LogP contribution in [0.3, 0.4) is 0 Å². The molecule has 0 radical (unpaired) electrons. The topological polar surface area (TPSA) is 92.1 Å². The van der Waals surface area contributed by atoms with Crippen molar-refractivity contribution in [2.75, 3.05) is 22.2 Å². The van der Waals surface area contributed by atoms with E-state index in [4.69, 9.17) is 11.6 Å². The second-order valence-corrected chi connectivity index (χ2v) is 12.9. The molecule has 4 heterocycles. The zero-order chi connectivity index (χ0) is 30.3. The number of aromatic nitrogens is 2. The smallest absolute Gasteiger partial charge is 0.383 e. The van der Waals surface area contributed by atoms with Gasteiger partial charge in [0.1, 0.15) is 6.07 Å². The lowest BCUT2D eigenvalue weighted by Gasteiger charge is -2.36. The second kappa shape index (κ2) is 9.36. The molecule has 1 saturated carbocycles. The maximum atomic E-state index is 14.2. The molecule has 3 aliphatic rings. The summed E-state index contributed by atoms with van der Waals surface area (Å²) in [5.41, 5.74) is 6.11. The minimum Gasteiger partial charge on any atom is -0.383 e. The van der Waals surface area contributed by atoms with Crippen molar-refractivity contribution in [1.29, 1.82) is 5.26 Å². The van der Waals surface area contributed by atoms with Gasteiger partial charge in [0, 0.05) is 41.6 Å². The number of hydrogen-bond donors (Lipinski definition) is 3. The number of rotatable bonds is 5. The highest BCUT2D eigenvalue weighted by molar-refractivity contribution is 6.35. The van der Waals surface area contributed by atoms with Crippen molar-refractivity contribution < 1.29 is 13.2 Å². The van der Waals surface area contributed by atoms with Crippen LogP contribution >= 0.6 is 11.6 Å². The highest BCUT2D eigenvalue weighted by Crippen LogP contribution is 2.56. The summed E-state index contributed by atoms with van der Waals surface area (Å²) in [6, 6.07) is 12.8. The maximum Gasteiger partial charge on any atom is 0.413 e. The van der Waals surface area contributed by atoms with Crippen LogP contribution in [-0.2, 0) is 0 Å². The standard InChI is InChI=1S/C31H28ClF3N8/c1-29(2,3)16-39-26-17(13-36)14-38-27-20(26)11-18(12-21(27)32)40-28-19-5-4-6-22-25(19)23(7-10-37-22)43-24(28)15-42(41-43)30(8-9-30)31(33,34)35/h4-7,10-12,14-15,28,40-41H,8-9,16H2,1-3H3,(H,38,39)/t28-/m0/s1. The van der Waals surface area contributed by atoms with Crippen LogP contribution in [0, 0.1) is 16.7 Å². The van der Waals surface area contributed by atoms with E-state index in [-0.39, 0.29) is 18.3 Å². The largest absolute Gasteiger partial charge is 0.413 e. The molecule has 0 saturated heterocycles. The van der Waals surface area contributed by atoms with Crippen LogP contribution in [0.5, 0.6) is 0 Å². The molecule has 220 valence electrons. The van der Waals surface area contributed by atoms with Crippen molar-refractivity contribution in [3.8, 4) is 6.07 Å². The Balaban J connectivity index is 1.36. The number of halogens is 4. The number of nitriles is 1. The SMILES string of the molecule is CC(C)(C)CNc1c(C#N)cnc2c(Cl)cc(N[C@@H]3C4=CN(C5(C(F)(F)F)CC5)NN4c4ccnc5cccc3c45)cc12. The predicted molar refractivity (Wildman–Crippen MR) is 161 cm³/mol. The van der Waals surface area contributed by atoms with Crippen LogP contribution in [0.2, 0.25) is 5.02 Å². The molecule has 12 heteroatoms. The van der Waals surface area contributed by atoms with Gasteiger partial charge in [-0.15, -0.1) is 5.53 Å². The van der Waals surface area contributed by atoms with Gasteiger partial charge in [-0.1, -0.05) is 44.5 Å². The Kier molecular flexibility index (Phi) is 6.00. The Morgan fingerprint density at radius 2 is 1.95 bits per heavy atom. The van der Waals surface area contributed by atoms with Gasteiger partial charge in [0.25, 0.3) is 0 Å².